The maximum Gasteiger partial charge on any atom is 0.212 e. The molecule has 2 N–H and O–H groups in total. The van der Waals surface area contributed by atoms with Gasteiger partial charge in [0, 0.05) is 31.7 Å². The lowest BCUT2D eigenvalue weighted by molar-refractivity contribution is 0.267. The summed E-state index contributed by atoms with van der Waals surface area (Å²) in [7, 11) is 3.39. The average Bonchev–Trinajstić information content (AvgIpc) is 3.30. The van der Waals surface area contributed by atoms with Crippen LogP contribution in [0.15, 0.2) is 60.7 Å². The normalized spacial score (nSPS) is 17.1. The molecule has 0 aromatic heterocycles. The van der Waals surface area contributed by atoms with E-state index < -0.39 is 0 Å². The minimum Gasteiger partial charge on any atom is -0.493 e. The maximum absolute atomic E-state index is 7.20. The zero-order valence-electron chi connectivity index (χ0n) is 37.9. The van der Waals surface area contributed by atoms with Crippen molar-refractivity contribution in [3.05, 3.63) is 94.0 Å². The van der Waals surface area contributed by atoms with E-state index in [1.807, 2.05) is 18.2 Å². The molecule has 0 unspecified atom stereocenters. The molecule has 0 aliphatic carbocycles. The second-order valence-electron chi connectivity index (χ2n) is 16.8. The van der Waals surface area contributed by atoms with E-state index in [1.54, 1.807) is 14.2 Å². The molecule has 0 saturated carbocycles. The van der Waals surface area contributed by atoms with Gasteiger partial charge in [0.1, 0.15) is 5.75 Å². The van der Waals surface area contributed by atoms with Crippen molar-refractivity contribution in [2.45, 2.75) is 78.3 Å². The molecule has 0 radical (unpaired) electrons. The highest BCUT2D eigenvalue weighted by atomic mass is 32.1. The summed E-state index contributed by atoms with van der Waals surface area (Å²) in [5, 5.41) is 8.77. The number of nitrogens with zero attached hydrogens (tertiary/aromatic N) is 4. The number of nitrogens with one attached hydrogen (secondary N) is 2. The van der Waals surface area contributed by atoms with Crippen molar-refractivity contribution in [2.75, 3.05) is 79.7 Å². The zero-order chi connectivity index (χ0) is 44.0. The Labute approximate surface area is 384 Å². The molecule has 0 fully saturated rings. The van der Waals surface area contributed by atoms with E-state index in [1.165, 1.54) is 16.7 Å². The van der Waals surface area contributed by atoms with Crippen LogP contribution in [-0.2, 0) is 25.7 Å². The molecule has 63 heavy (non-hydrogen) atoms. The van der Waals surface area contributed by atoms with Crippen LogP contribution in [-0.4, -0.2) is 109 Å². The lowest BCUT2D eigenvalue weighted by atomic mass is 9.86. The van der Waals surface area contributed by atoms with Gasteiger partial charge in [0.15, 0.2) is 44.7 Å². The summed E-state index contributed by atoms with van der Waals surface area (Å²) in [6.45, 7) is 18.2. The molecule has 13 heteroatoms. The largest absolute Gasteiger partial charge is 0.493 e. The third-order valence-electron chi connectivity index (χ3n) is 13.3. The fourth-order valence-electron chi connectivity index (χ4n) is 9.64. The van der Waals surface area contributed by atoms with Gasteiger partial charge in [0.05, 0.1) is 26.3 Å². The van der Waals surface area contributed by atoms with Crippen LogP contribution in [0.25, 0.3) is 0 Å². The summed E-state index contributed by atoms with van der Waals surface area (Å²) in [4.78, 5) is 9.59. The van der Waals surface area contributed by atoms with Crippen molar-refractivity contribution >= 4 is 34.7 Å². The van der Waals surface area contributed by atoms with Crippen LogP contribution in [0.5, 0.6) is 46.0 Å². The average molecular weight is 893 g/mol. The molecule has 5 heterocycles. The van der Waals surface area contributed by atoms with Gasteiger partial charge in [-0.15, -0.1) is 0 Å². The number of hydrogen-bond acceptors (Lipinski definition) is 9. The molecule has 0 spiro atoms. The SMILES string of the molecule is CCN(CC)CCCNC(=S)N1CCc2cc3c4cc2[C@@H]1Cc1ccc(OC)c(c1)Oc1ccc(cc1)C[C@H]1c2c(cc(OC)c(c2O4)O3)CCN1C(=S)NCCCN(CC)CC. The van der Waals surface area contributed by atoms with E-state index in [0.717, 1.165) is 124 Å². The van der Waals surface area contributed by atoms with E-state index in [9.17, 15) is 0 Å². The minimum absolute atomic E-state index is 0.0844. The van der Waals surface area contributed by atoms with Crippen LogP contribution in [0.3, 0.4) is 0 Å². The summed E-state index contributed by atoms with van der Waals surface area (Å²) < 4.78 is 32.6. The third kappa shape index (κ3) is 9.67. The Bertz CT molecular complexity index is 2260. The summed E-state index contributed by atoms with van der Waals surface area (Å²) >= 11 is 12.5. The highest BCUT2D eigenvalue weighted by Crippen LogP contribution is 2.57. The van der Waals surface area contributed by atoms with E-state index >= 15 is 0 Å². The van der Waals surface area contributed by atoms with Crippen LogP contribution >= 0.6 is 24.4 Å². The molecule has 4 aromatic carbocycles. The Balaban J connectivity index is 1.20. The highest BCUT2D eigenvalue weighted by molar-refractivity contribution is 7.80. The van der Waals surface area contributed by atoms with E-state index in [2.05, 4.69) is 100 Å². The molecular weight excluding hydrogens is 829 g/mol. The van der Waals surface area contributed by atoms with Gasteiger partial charge in [0.25, 0.3) is 0 Å². The van der Waals surface area contributed by atoms with Crippen LogP contribution in [0.2, 0.25) is 0 Å². The Hall–Kier alpha value is -4.82. The van der Waals surface area contributed by atoms with Crippen molar-refractivity contribution in [2.24, 2.45) is 0 Å². The Morgan fingerprint density at radius 1 is 0.635 bits per heavy atom. The first-order valence-electron chi connectivity index (χ1n) is 23.0. The van der Waals surface area contributed by atoms with Crippen molar-refractivity contribution in [3.63, 3.8) is 0 Å². The Morgan fingerprint density at radius 2 is 1.21 bits per heavy atom. The van der Waals surface area contributed by atoms with E-state index in [4.69, 9.17) is 48.1 Å². The number of rotatable bonds is 14. The molecule has 11 nitrogen and oxygen atoms in total. The first-order valence-corrected chi connectivity index (χ1v) is 23.8. The Kier molecular flexibility index (Phi) is 14.5. The highest BCUT2D eigenvalue weighted by Gasteiger charge is 2.39. The van der Waals surface area contributed by atoms with Crippen molar-refractivity contribution < 1.29 is 23.7 Å². The fourth-order valence-corrected chi connectivity index (χ4v) is 10.3. The molecule has 5 aliphatic rings. The molecule has 2 atom stereocenters. The van der Waals surface area contributed by atoms with Crippen molar-refractivity contribution in [1.82, 2.24) is 30.2 Å². The summed E-state index contributed by atoms with van der Waals surface area (Å²) in [5.74, 6) is 5.39. The summed E-state index contributed by atoms with van der Waals surface area (Å²) in [6, 6.07) is 20.9. The second kappa shape index (κ2) is 20.3. The molecule has 7 bridgehead atoms. The van der Waals surface area contributed by atoms with Crippen LogP contribution in [0, 0.1) is 0 Å². The minimum atomic E-state index is -0.144. The standard InChI is InChI=1S/C50H64N6O5S2/c1-7-53(8-2)23-11-21-51-49(62)55-25-19-35-30-43-44-32-38(35)39(55)28-34-15-18-41(57-5)42(29-34)59-37-16-13-33(14-17-37)27-40-46-36(31-45(58-6)47(60-43)48(46)61-44)20-26-56(40)50(63)52-22-12-24-54(9-3)10-4/h13-18,29-32,39-40H,7-12,19-28H2,1-6H3,(H,51,62)(H,52,63)/t39-,40-/m0/s1. The number of thiocarbonyl (C=S) groups is 2. The second-order valence-corrected chi connectivity index (χ2v) is 17.6. The monoisotopic (exact) mass is 892 g/mol. The summed E-state index contributed by atoms with van der Waals surface area (Å²) in [6.07, 6.45) is 4.97. The molecule has 0 saturated heterocycles. The number of benzene rings is 4. The van der Waals surface area contributed by atoms with Gasteiger partial charge >= 0.3 is 0 Å². The van der Waals surface area contributed by atoms with Gasteiger partial charge in [-0.25, -0.2) is 0 Å². The summed E-state index contributed by atoms with van der Waals surface area (Å²) in [5.41, 5.74) is 6.87. The number of fused-ring (bicyclic) bond motifs is 2. The lowest BCUT2D eigenvalue weighted by Gasteiger charge is -2.42. The van der Waals surface area contributed by atoms with Gasteiger partial charge in [0.2, 0.25) is 5.75 Å². The van der Waals surface area contributed by atoms with Crippen LogP contribution < -0.4 is 34.3 Å². The first-order chi connectivity index (χ1) is 30.7. The van der Waals surface area contributed by atoms with Crippen LogP contribution in [0.4, 0.5) is 0 Å². The van der Waals surface area contributed by atoms with Crippen molar-refractivity contribution in [1.29, 1.82) is 0 Å². The van der Waals surface area contributed by atoms with E-state index in [0.29, 0.717) is 53.1 Å². The predicted molar refractivity (Wildman–Crippen MR) is 259 cm³/mol. The molecule has 336 valence electrons. The fraction of sp³-hybridized carbons (Fsp3) is 0.480. The van der Waals surface area contributed by atoms with E-state index in [-0.39, 0.29) is 12.1 Å². The number of methoxy groups -OCH3 is 2. The van der Waals surface area contributed by atoms with Gasteiger partial charge in [-0.1, -0.05) is 45.9 Å². The topological polar surface area (TPSA) is 83.2 Å². The number of hydrogen-bond donors (Lipinski definition) is 2. The quantitative estimate of drug-likeness (QED) is 0.0823. The third-order valence-corrected chi connectivity index (χ3v) is 14.0. The predicted octanol–water partition coefficient (Wildman–Crippen LogP) is 9.20. The molecular formula is C50H64N6O5S2. The van der Waals surface area contributed by atoms with Crippen LogP contribution in [0.1, 0.15) is 86.0 Å². The molecule has 0 amide bonds. The molecule has 9 rings (SSSR count). The first kappa shape index (κ1) is 44.8. The maximum atomic E-state index is 7.20. The Morgan fingerprint density at radius 3 is 1.84 bits per heavy atom. The lowest BCUT2D eigenvalue weighted by Crippen LogP contribution is -2.47. The van der Waals surface area contributed by atoms with Gasteiger partial charge in [-0.3, -0.25) is 0 Å². The smallest absolute Gasteiger partial charge is 0.212 e. The van der Waals surface area contributed by atoms with Gasteiger partial charge in [-0.05, 0) is 173 Å². The zero-order valence-corrected chi connectivity index (χ0v) is 39.5. The van der Waals surface area contributed by atoms with Gasteiger partial charge < -0.3 is 53.9 Å². The van der Waals surface area contributed by atoms with Gasteiger partial charge in [-0.2, -0.15) is 0 Å². The molecule has 4 aromatic rings. The number of ether oxygens (including phenoxy) is 5. The van der Waals surface area contributed by atoms with Crippen molar-refractivity contribution in [3.8, 4) is 46.0 Å². The molecule has 5 aliphatic heterocycles.